The van der Waals surface area contributed by atoms with Crippen molar-refractivity contribution in [1.29, 1.82) is 0 Å². The first kappa shape index (κ1) is 23.5. The summed E-state index contributed by atoms with van der Waals surface area (Å²) in [6, 6.07) is 4.48. The van der Waals surface area contributed by atoms with Crippen LogP contribution in [-0.4, -0.2) is 31.6 Å². The maximum atomic E-state index is 13.1. The second kappa shape index (κ2) is 8.41. The second-order valence-electron chi connectivity index (χ2n) is 6.13. The summed E-state index contributed by atoms with van der Waals surface area (Å²) in [5.74, 6) is -2.69. The quantitative estimate of drug-likeness (QED) is 0.517. The fourth-order valence-electron chi connectivity index (χ4n) is 2.64. The zero-order valence-corrected chi connectivity index (χ0v) is 17.4. The van der Waals surface area contributed by atoms with Crippen LogP contribution in [0.2, 0.25) is 15.1 Å². The molecule has 0 bridgehead atoms. The standard InChI is InChI=1S/C18H7Cl3F3N3O5/c19-9-2-1-6(3-8(9)18(22,23)24)14(28)12-10(20)4-7(5-11(12)21)27-17(32)25-15(29)13(26-27)16(30)31/h1-5H,(H,30,31)(H,25,29,32). The van der Waals surface area contributed by atoms with Gasteiger partial charge < -0.3 is 5.11 Å². The molecule has 0 saturated heterocycles. The molecule has 0 aliphatic carbocycles. The van der Waals surface area contributed by atoms with Gasteiger partial charge in [-0.25, -0.2) is 9.59 Å². The monoisotopic (exact) mass is 507 g/mol. The van der Waals surface area contributed by atoms with Crippen LogP contribution in [-0.2, 0) is 6.18 Å². The Morgan fingerprint density at radius 3 is 2.12 bits per heavy atom. The predicted molar refractivity (Wildman–Crippen MR) is 107 cm³/mol. The van der Waals surface area contributed by atoms with Crippen molar-refractivity contribution in [3.8, 4) is 5.69 Å². The minimum atomic E-state index is -4.82. The maximum absolute atomic E-state index is 13.1. The van der Waals surface area contributed by atoms with Gasteiger partial charge in [0, 0.05) is 5.56 Å². The second-order valence-corrected chi connectivity index (χ2v) is 7.35. The minimum Gasteiger partial charge on any atom is -0.476 e. The molecule has 2 N–H and O–H groups in total. The number of rotatable bonds is 4. The molecule has 0 spiro atoms. The van der Waals surface area contributed by atoms with Gasteiger partial charge in [-0.2, -0.15) is 23.0 Å². The van der Waals surface area contributed by atoms with Crippen molar-refractivity contribution in [3.05, 3.63) is 88.6 Å². The Labute approximate surface area is 189 Å². The maximum Gasteiger partial charge on any atom is 0.417 e. The number of H-pyrrole nitrogens is 1. The number of carbonyl (C=O) groups excluding carboxylic acids is 1. The summed E-state index contributed by atoms with van der Waals surface area (Å²) in [7, 11) is 0. The lowest BCUT2D eigenvalue weighted by molar-refractivity contribution is -0.137. The molecular formula is C18H7Cl3F3N3O5. The molecule has 3 rings (SSSR count). The lowest BCUT2D eigenvalue weighted by Crippen LogP contribution is -2.35. The molecule has 166 valence electrons. The summed E-state index contributed by atoms with van der Waals surface area (Å²) in [5, 5.41) is 11.1. The molecule has 0 fully saturated rings. The van der Waals surface area contributed by atoms with Gasteiger partial charge in [-0.3, -0.25) is 14.6 Å². The van der Waals surface area contributed by atoms with Crippen LogP contribution in [0.5, 0.6) is 0 Å². The Morgan fingerprint density at radius 2 is 1.59 bits per heavy atom. The number of alkyl halides is 3. The Bertz CT molecular complexity index is 1380. The average Bonchev–Trinajstić information content (AvgIpc) is 2.66. The zero-order valence-electron chi connectivity index (χ0n) is 15.1. The number of nitrogens with zero attached hydrogens (tertiary/aromatic N) is 2. The number of aromatic nitrogens is 3. The van der Waals surface area contributed by atoms with Crippen molar-refractivity contribution >= 4 is 46.6 Å². The molecule has 0 radical (unpaired) electrons. The van der Waals surface area contributed by atoms with Gasteiger partial charge in [0.15, 0.2) is 5.78 Å². The molecule has 0 aliphatic heterocycles. The molecule has 2 aromatic carbocycles. The van der Waals surface area contributed by atoms with E-state index in [-0.39, 0.29) is 21.3 Å². The summed E-state index contributed by atoms with van der Waals surface area (Å²) in [6.45, 7) is 0. The number of halogens is 6. The topological polar surface area (TPSA) is 122 Å². The van der Waals surface area contributed by atoms with E-state index in [9.17, 15) is 32.3 Å². The largest absolute Gasteiger partial charge is 0.476 e. The lowest BCUT2D eigenvalue weighted by atomic mass is 10.0. The number of hydrogen-bond donors (Lipinski definition) is 2. The van der Waals surface area contributed by atoms with Crippen molar-refractivity contribution in [1.82, 2.24) is 14.8 Å². The van der Waals surface area contributed by atoms with Crippen molar-refractivity contribution in [2.75, 3.05) is 0 Å². The van der Waals surface area contributed by atoms with E-state index in [0.29, 0.717) is 10.7 Å². The Kier molecular flexibility index (Phi) is 6.18. The van der Waals surface area contributed by atoms with E-state index in [1.54, 1.807) is 4.98 Å². The summed E-state index contributed by atoms with van der Waals surface area (Å²) in [6.07, 6.45) is -4.82. The Morgan fingerprint density at radius 1 is 1.00 bits per heavy atom. The van der Waals surface area contributed by atoms with Gasteiger partial charge in [0.25, 0.3) is 5.56 Å². The van der Waals surface area contributed by atoms with Gasteiger partial charge in [-0.05, 0) is 30.3 Å². The molecule has 1 aromatic heterocycles. The number of carboxylic acid groups (broad SMARTS) is 1. The van der Waals surface area contributed by atoms with E-state index in [0.717, 1.165) is 24.3 Å². The van der Waals surface area contributed by atoms with Crippen molar-refractivity contribution in [2.45, 2.75) is 6.18 Å². The predicted octanol–water partition coefficient (Wildman–Crippen LogP) is 3.83. The van der Waals surface area contributed by atoms with Gasteiger partial charge in [0.05, 0.1) is 31.9 Å². The zero-order chi connectivity index (χ0) is 24.0. The molecule has 32 heavy (non-hydrogen) atoms. The van der Waals surface area contributed by atoms with E-state index in [1.165, 1.54) is 0 Å². The van der Waals surface area contributed by atoms with Crippen molar-refractivity contribution < 1.29 is 27.9 Å². The molecule has 3 aromatic rings. The third-order valence-electron chi connectivity index (χ3n) is 4.06. The first-order chi connectivity index (χ1) is 14.8. The number of aromatic amines is 1. The fourth-order valence-corrected chi connectivity index (χ4v) is 3.51. The first-order valence-corrected chi connectivity index (χ1v) is 9.32. The smallest absolute Gasteiger partial charge is 0.417 e. The number of aromatic carboxylic acids is 1. The number of carbonyl (C=O) groups is 2. The third-order valence-corrected chi connectivity index (χ3v) is 4.99. The third kappa shape index (κ3) is 4.40. The van der Waals surface area contributed by atoms with Crippen LogP contribution in [0, 0.1) is 0 Å². The number of nitrogens with one attached hydrogen (secondary N) is 1. The van der Waals surface area contributed by atoms with Gasteiger partial charge in [-0.15, -0.1) is 0 Å². The molecule has 14 heteroatoms. The number of carboxylic acids is 1. The van der Waals surface area contributed by atoms with Crippen LogP contribution in [0.4, 0.5) is 13.2 Å². The Balaban J connectivity index is 2.13. The summed E-state index contributed by atoms with van der Waals surface area (Å²) < 4.78 is 39.8. The van der Waals surface area contributed by atoms with E-state index < -0.39 is 51.0 Å². The van der Waals surface area contributed by atoms with Crippen LogP contribution in [0.15, 0.2) is 39.9 Å². The van der Waals surface area contributed by atoms with Crippen LogP contribution < -0.4 is 11.2 Å². The normalized spacial score (nSPS) is 11.4. The van der Waals surface area contributed by atoms with Crippen LogP contribution in [0.1, 0.15) is 32.0 Å². The summed E-state index contributed by atoms with van der Waals surface area (Å²) >= 11 is 17.7. The van der Waals surface area contributed by atoms with Crippen molar-refractivity contribution in [3.63, 3.8) is 0 Å². The van der Waals surface area contributed by atoms with Crippen LogP contribution in [0.3, 0.4) is 0 Å². The molecule has 8 nitrogen and oxygen atoms in total. The average molecular weight is 509 g/mol. The van der Waals surface area contributed by atoms with E-state index in [1.807, 2.05) is 0 Å². The molecule has 0 aliphatic rings. The van der Waals surface area contributed by atoms with Gasteiger partial charge in [-0.1, -0.05) is 34.8 Å². The lowest BCUT2D eigenvalue weighted by Gasteiger charge is -2.13. The van der Waals surface area contributed by atoms with E-state index >= 15 is 0 Å². The molecule has 0 saturated carbocycles. The van der Waals surface area contributed by atoms with Gasteiger partial charge in [0.1, 0.15) is 0 Å². The van der Waals surface area contributed by atoms with E-state index in [2.05, 4.69) is 5.10 Å². The fraction of sp³-hybridized carbons (Fsp3) is 0.0556. The van der Waals surface area contributed by atoms with Crippen LogP contribution in [0.25, 0.3) is 5.69 Å². The number of benzene rings is 2. The number of ketones is 1. The first-order valence-electron chi connectivity index (χ1n) is 8.19. The van der Waals surface area contributed by atoms with E-state index in [4.69, 9.17) is 39.9 Å². The molecular weight excluding hydrogens is 502 g/mol. The highest BCUT2D eigenvalue weighted by Crippen LogP contribution is 2.36. The van der Waals surface area contributed by atoms with Gasteiger partial charge >= 0.3 is 17.8 Å². The highest BCUT2D eigenvalue weighted by Gasteiger charge is 2.34. The summed E-state index contributed by atoms with van der Waals surface area (Å²) in [5.41, 5.74) is -5.62. The van der Waals surface area contributed by atoms with Crippen molar-refractivity contribution in [2.24, 2.45) is 0 Å². The molecule has 0 atom stereocenters. The summed E-state index contributed by atoms with van der Waals surface area (Å²) in [4.78, 5) is 49.2. The molecule has 0 amide bonds. The van der Waals surface area contributed by atoms with Gasteiger partial charge in [0.2, 0.25) is 5.69 Å². The van der Waals surface area contributed by atoms with Crippen LogP contribution >= 0.6 is 34.8 Å². The SMILES string of the molecule is O=C(c1ccc(Cl)c(C(F)(F)F)c1)c1c(Cl)cc(-n2nc(C(=O)O)c(=O)[nH]c2=O)cc1Cl. The number of hydrogen-bond acceptors (Lipinski definition) is 5. The Hall–Kier alpha value is -3.15. The highest BCUT2D eigenvalue weighted by atomic mass is 35.5. The molecule has 1 heterocycles. The minimum absolute atomic E-state index is 0.215. The molecule has 0 unspecified atom stereocenters. The highest BCUT2D eigenvalue weighted by molar-refractivity contribution is 6.41.